The molecule has 5 aromatic rings. The molecule has 13 nitrogen and oxygen atoms in total. The van der Waals surface area contributed by atoms with Gasteiger partial charge in [-0.1, -0.05) is 75.7 Å². The molecular weight excluding hydrogens is 763 g/mol. The molecule has 17 heteroatoms. The number of aromatic nitrogens is 2. The number of aliphatic hydroxyl groups is 2. The highest BCUT2D eigenvalue weighted by Gasteiger charge is 2.49. The Kier molecular flexibility index (Phi) is 9.61. The maximum absolute atomic E-state index is 14.4. The van der Waals surface area contributed by atoms with Crippen molar-refractivity contribution >= 4 is 91.6 Å². The summed E-state index contributed by atoms with van der Waals surface area (Å²) >= 11 is 0. The molecule has 2 aliphatic rings. The number of rotatable bonds is 11. The summed E-state index contributed by atoms with van der Waals surface area (Å²) in [7, 11) is -10.2. The number of imide groups is 1. The minimum atomic E-state index is -4.11. The van der Waals surface area contributed by atoms with Crippen LogP contribution in [0.15, 0.2) is 48.5 Å². The standard InChI is InChI=1S/C37H49N5O8S2Si2/c1-40-36(45)30-28-22-12-8-10-14-24(22)38-32(28)33-29(31(30)37(40)46)23-13-9-11-15-26(23)41(33)21-27-35(44)34(43)25(39-51(47,48)16-18-53(2,3)4)20-42(27)52(49,50)17-19-54(5,6)7/h8-15,25,27,34-35,38-39,43-44H,16-21H2,1-7H3/t25-,27-,34+,35+/m0/s1. The smallest absolute Gasteiger partial charge is 0.262 e. The number of nitrogens with one attached hydrogen (secondary N) is 2. The van der Waals surface area contributed by atoms with Crippen LogP contribution in [0.3, 0.4) is 0 Å². The average molecular weight is 812 g/mol. The Morgan fingerprint density at radius 2 is 1.37 bits per heavy atom. The number of carbonyl (C=O) groups excluding carboxylic acids is 2. The number of piperidine rings is 1. The molecule has 0 saturated carbocycles. The third-order valence-electron chi connectivity index (χ3n) is 10.9. The van der Waals surface area contributed by atoms with E-state index in [2.05, 4.69) is 49.0 Å². The van der Waals surface area contributed by atoms with Crippen LogP contribution in [0, 0.1) is 0 Å². The van der Waals surface area contributed by atoms with Gasteiger partial charge < -0.3 is 19.8 Å². The highest BCUT2D eigenvalue weighted by Crippen LogP contribution is 2.45. The van der Waals surface area contributed by atoms with Gasteiger partial charge in [0.05, 0.1) is 58.0 Å². The molecular formula is C37H49N5O8S2Si2. The number of hydrogen-bond acceptors (Lipinski definition) is 8. The lowest BCUT2D eigenvalue weighted by atomic mass is 9.94. The zero-order valence-corrected chi connectivity index (χ0v) is 35.3. The maximum atomic E-state index is 14.4. The topological polar surface area (TPSA) is 182 Å². The molecule has 2 amide bonds. The molecule has 54 heavy (non-hydrogen) atoms. The van der Waals surface area contributed by atoms with Gasteiger partial charge >= 0.3 is 0 Å². The van der Waals surface area contributed by atoms with Crippen LogP contribution in [0.4, 0.5) is 0 Å². The molecule has 0 aliphatic carbocycles. The predicted octanol–water partition coefficient (Wildman–Crippen LogP) is 4.36. The molecule has 0 unspecified atom stereocenters. The molecule has 0 bridgehead atoms. The summed E-state index contributed by atoms with van der Waals surface area (Å²) in [4.78, 5) is 32.3. The summed E-state index contributed by atoms with van der Waals surface area (Å²) in [6, 6.07) is 13.2. The Bertz CT molecular complexity index is 2570. The van der Waals surface area contributed by atoms with Crippen molar-refractivity contribution in [3.05, 3.63) is 59.7 Å². The van der Waals surface area contributed by atoms with E-state index in [0.717, 1.165) is 15.8 Å². The fourth-order valence-corrected chi connectivity index (χ4v) is 16.9. The Morgan fingerprint density at radius 1 is 0.796 bits per heavy atom. The Hall–Kier alpha value is -3.43. The van der Waals surface area contributed by atoms with Crippen LogP contribution in [0.2, 0.25) is 51.4 Å². The van der Waals surface area contributed by atoms with E-state index in [1.54, 1.807) is 0 Å². The van der Waals surface area contributed by atoms with E-state index in [9.17, 15) is 36.6 Å². The average Bonchev–Trinajstić information content (AvgIpc) is 3.70. The van der Waals surface area contributed by atoms with Crippen molar-refractivity contribution in [2.75, 3.05) is 25.1 Å². The molecule has 7 rings (SSSR count). The van der Waals surface area contributed by atoms with E-state index in [4.69, 9.17) is 0 Å². The summed E-state index contributed by atoms with van der Waals surface area (Å²) in [5.41, 5.74) is 3.03. The zero-order chi connectivity index (χ0) is 39.3. The normalized spacial score (nSPS) is 22.1. The summed E-state index contributed by atoms with van der Waals surface area (Å²) in [6.45, 7) is 11.8. The van der Waals surface area contributed by atoms with Crippen LogP contribution in [0.25, 0.3) is 43.6 Å². The Labute approximate surface area is 317 Å². The van der Waals surface area contributed by atoms with Crippen LogP contribution in [0.5, 0.6) is 0 Å². The van der Waals surface area contributed by atoms with E-state index in [1.807, 2.05) is 53.1 Å². The van der Waals surface area contributed by atoms with E-state index in [0.29, 0.717) is 50.4 Å². The fourth-order valence-electron chi connectivity index (χ4n) is 7.86. The summed E-state index contributed by atoms with van der Waals surface area (Å²) in [6.07, 6.45) is -3.32. The second kappa shape index (κ2) is 13.4. The van der Waals surface area contributed by atoms with E-state index >= 15 is 0 Å². The number of nitrogens with zero attached hydrogens (tertiary/aromatic N) is 3. The molecule has 3 aromatic carbocycles. The zero-order valence-electron chi connectivity index (χ0n) is 31.7. The minimum absolute atomic E-state index is 0.148. The van der Waals surface area contributed by atoms with Gasteiger partial charge in [0.15, 0.2) is 0 Å². The highest BCUT2D eigenvalue weighted by molar-refractivity contribution is 7.89. The van der Waals surface area contributed by atoms with Crippen LogP contribution < -0.4 is 4.72 Å². The van der Waals surface area contributed by atoms with E-state index in [1.165, 1.54) is 11.4 Å². The van der Waals surface area contributed by atoms with Gasteiger partial charge in [0.25, 0.3) is 11.8 Å². The quantitative estimate of drug-likeness (QED) is 0.112. The summed E-state index contributed by atoms with van der Waals surface area (Å²) < 4.78 is 61.0. The molecule has 1 saturated heterocycles. The second-order valence-electron chi connectivity index (χ2n) is 17.3. The van der Waals surface area contributed by atoms with Crippen molar-refractivity contribution in [2.45, 2.75) is 82.2 Å². The first-order chi connectivity index (χ1) is 25.1. The van der Waals surface area contributed by atoms with Crippen LogP contribution >= 0.6 is 0 Å². The molecule has 0 radical (unpaired) electrons. The summed E-state index contributed by atoms with van der Waals surface area (Å²) in [5, 5.41) is 26.0. The van der Waals surface area contributed by atoms with Crippen molar-refractivity contribution in [2.24, 2.45) is 0 Å². The number of carbonyl (C=O) groups is 2. The lowest BCUT2D eigenvalue weighted by molar-refractivity contribution is -0.0695. The molecule has 0 spiro atoms. The van der Waals surface area contributed by atoms with Crippen molar-refractivity contribution in [1.82, 2.24) is 23.5 Å². The van der Waals surface area contributed by atoms with Gasteiger partial charge in [-0.05, 0) is 24.2 Å². The van der Waals surface area contributed by atoms with Crippen LogP contribution in [0.1, 0.15) is 20.7 Å². The molecule has 4 heterocycles. The first-order valence-electron chi connectivity index (χ1n) is 18.3. The molecule has 4 atom stereocenters. The molecule has 2 aromatic heterocycles. The summed E-state index contributed by atoms with van der Waals surface area (Å²) in [5.74, 6) is -1.25. The van der Waals surface area contributed by atoms with Gasteiger partial charge in [0, 0.05) is 68.9 Å². The number of hydrogen-bond donors (Lipinski definition) is 4. The lowest BCUT2D eigenvalue weighted by Crippen LogP contribution is -2.67. The number of para-hydroxylation sites is 2. The Morgan fingerprint density at radius 3 is 2.02 bits per heavy atom. The molecule has 290 valence electrons. The third-order valence-corrected chi connectivity index (χ3v) is 18.4. The van der Waals surface area contributed by atoms with Crippen molar-refractivity contribution in [3.63, 3.8) is 0 Å². The monoisotopic (exact) mass is 811 g/mol. The van der Waals surface area contributed by atoms with Crippen molar-refractivity contribution < 1.29 is 36.6 Å². The number of aliphatic hydroxyl groups excluding tert-OH is 2. The number of sulfonamides is 2. The lowest BCUT2D eigenvalue weighted by Gasteiger charge is -2.45. The number of amides is 2. The largest absolute Gasteiger partial charge is 0.389 e. The third kappa shape index (κ3) is 6.75. The number of benzene rings is 3. The minimum Gasteiger partial charge on any atom is -0.389 e. The van der Waals surface area contributed by atoms with Gasteiger partial charge in [0.2, 0.25) is 20.0 Å². The molecule has 2 aliphatic heterocycles. The fraction of sp³-hybridized carbons (Fsp3) is 0.459. The Balaban J connectivity index is 1.42. The highest BCUT2D eigenvalue weighted by atomic mass is 32.2. The number of fused-ring (bicyclic) bond motifs is 10. The van der Waals surface area contributed by atoms with E-state index < -0.39 is 72.3 Å². The number of aromatic amines is 1. The van der Waals surface area contributed by atoms with Gasteiger partial charge in [-0.2, -0.15) is 4.31 Å². The maximum Gasteiger partial charge on any atom is 0.262 e. The first-order valence-corrected chi connectivity index (χ1v) is 28.9. The van der Waals surface area contributed by atoms with E-state index in [-0.39, 0.29) is 30.2 Å². The SMILES string of the molecule is CN1C(=O)c2c(c3c4ccccc4n(C[C@H]4[C@@H](O)[C@H](O)[C@@H](NS(=O)(=O)CC[Si](C)(C)C)CN4S(=O)(=O)CC[Si](C)(C)C)c3c3[nH]c4ccccc4c23)C1=O. The second-order valence-corrected chi connectivity index (χ2v) is 32.4. The molecule has 1 fully saturated rings. The van der Waals surface area contributed by atoms with Crippen molar-refractivity contribution in [3.8, 4) is 0 Å². The van der Waals surface area contributed by atoms with Crippen LogP contribution in [-0.2, 0) is 26.6 Å². The van der Waals surface area contributed by atoms with Crippen molar-refractivity contribution in [1.29, 1.82) is 0 Å². The van der Waals surface area contributed by atoms with Gasteiger partial charge in [0.1, 0.15) is 0 Å². The van der Waals surface area contributed by atoms with Gasteiger partial charge in [-0.3, -0.25) is 14.5 Å². The predicted molar refractivity (Wildman–Crippen MR) is 219 cm³/mol. The van der Waals surface area contributed by atoms with Gasteiger partial charge in [-0.25, -0.2) is 21.6 Å². The first kappa shape index (κ1) is 38.8. The van der Waals surface area contributed by atoms with Gasteiger partial charge in [-0.15, -0.1) is 0 Å². The number of H-pyrrole nitrogens is 1. The van der Waals surface area contributed by atoms with Crippen LogP contribution in [-0.4, -0.2) is 123 Å². The molecule has 4 N–H and O–H groups in total.